The van der Waals surface area contributed by atoms with Crippen LogP contribution in [0.4, 0.5) is 28.7 Å². The minimum atomic E-state index is -0.340. The van der Waals surface area contributed by atoms with Crippen molar-refractivity contribution in [2.24, 2.45) is 0 Å². The smallest absolute Gasteiger partial charge is 0.247 e. The van der Waals surface area contributed by atoms with Gasteiger partial charge in [-0.1, -0.05) is 6.58 Å². The second kappa shape index (κ2) is 14.6. The van der Waals surface area contributed by atoms with Gasteiger partial charge >= 0.3 is 0 Å². The van der Waals surface area contributed by atoms with Crippen LogP contribution in [-0.4, -0.2) is 94.2 Å². The van der Waals surface area contributed by atoms with Crippen molar-refractivity contribution >= 4 is 40.4 Å². The summed E-state index contributed by atoms with van der Waals surface area (Å²) in [5.41, 5.74) is 3.74. The molecule has 0 atom stereocenters. The first-order valence-electron chi connectivity index (χ1n) is 14.3. The number of piperidine rings is 1. The van der Waals surface area contributed by atoms with Crippen molar-refractivity contribution in [3.05, 3.63) is 72.6 Å². The molecule has 1 aliphatic rings. The van der Waals surface area contributed by atoms with Crippen LogP contribution < -0.4 is 25.2 Å². The van der Waals surface area contributed by atoms with Gasteiger partial charge in [-0.05, 0) is 69.4 Å². The maximum absolute atomic E-state index is 13.3. The van der Waals surface area contributed by atoms with Gasteiger partial charge in [-0.15, -0.1) is 0 Å². The van der Waals surface area contributed by atoms with Crippen LogP contribution >= 0.6 is 0 Å². The van der Waals surface area contributed by atoms with Crippen molar-refractivity contribution in [2.75, 3.05) is 82.0 Å². The standard InChI is InChI=1S/C32H41N7O4/c1-7-30(40)34-26-20-27(29(43-6)21-28(26)38(4)19-18-37(2)3)36-32-33-15-12-25(35-32)31(41)22-8-10-23(11-9-22)39-16-13-24(42-5)14-17-39/h7-12,15,20-21,24H,1,13-14,16-19H2,2-6H3,(H,34,40)(H,33,35,36). The molecule has 0 aliphatic carbocycles. The van der Waals surface area contributed by atoms with E-state index in [0.29, 0.717) is 28.8 Å². The first-order chi connectivity index (χ1) is 20.7. The first-order valence-corrected chi connectivity index (χ1v) is 14.3. The summed E-state index contributed by atoms with van der Waals surface area (Å²) in [5, 5.41) is 6.04. The molecular formula is C32H41N7O4. The number of hydrogen-bond acceptors (Lipinski definition) is 10. The molecule has 2 aromatic carbocycles. The lowest BCUT2D eigenvalue weighted by Crippen LogP contribution is -2.36. The Morgan fingerprint density at radius 3 is 2.40 bits per heavy atom. The van der Waals surface area contributed by atoms with Gasteiger partial charge in [0.05, 0.1) is 30.3 Å². The van der Waals surface area contributed by atoms with Gasteiger partial charge in [0.25, 0.3) is 0 Å². The van der Waals surface area contributed by atoms with E-state index in [4.69, 9.17) is 9.47 Å². The Hall–Kier alpha value is -4.48. The number of hydrogen-bond donors (Lipinski definition) is 2. The molecule has 1 amide bonds. The number of carbonyl (C=O) groups excluding carboxylic acids is 2. The lowest BCUT2D eigenvalue weighted by atomic mass is 10.0. The van der Waals surface area contributed by atoms with Gasteiger partial charge in [0.15, 0.2) is 0 Å². The molecule has 0 saturated carbocycles. The molecule has 11 heteroatoms. The molecule has 1 aliphatic heterocycles. The molecule has 0 radical (unpaired) electrons. The van der Waals surface area contributed by atoms with E-state index in [0.717, 1.165) is 50.4 Å². The summed E-state index contributed by atoms with van der Waals surface area (Å²) in [4.78, 5) is 40.8. The Kier molecular flexibility index (Phi) is 10.7. The summed E-state index contributed by atoms with van der Waals surface area (Å²) in [6.07, 6.45) is 5.03. The highest BCUT2D eigenvalue weighted by atomic mass is 16.5. The molecule has 11 nitrogen and oxygen atoms in total. The molecular weight excluding hydrogens is 546 g/mol. The van der Waals surface area contributed by atoms with Crippen LogP contribution in [0.1, 0.15) is 28.9 Å². The van der Waals surface area contributed by atoms with Crippen molar-refractivity contribution < 1.29 is 19.1 Å². The fourth-order valence-electron chi connectivity index (χ4n) is 4.89. The number of benzene rings is 2. The Balaban J connectivity index is 1.54. The number of nitrogens with zero attached hydrogens (tertiary/aromatic N) is 5. The molecule has 1 saturated heterocycles. The Labute approximate surface area is 253 Å². The van der Waals surface area contributed by atoms with Gasteiger partial charge in [0.2, 0.25) is 17.6 Å². The van der Waals surface area contributed by atoms with Crippen LogP contribution in [0.3, 0.4) is 0 Å². The summed E-state index contributed by atoms with van der Waals surface area (Å²) in [6.45, 7) is 6.95. The van der Waals surface area contributed by atoms with Crippen LogP contribution in [-0.2, 0) is 9.53 Å². The van der Waals surface area contributed by atoms with E-state index < -0.39 is 0 Å². The van der Waals surface area contributed by atoms with Crippen LogP contribution in [0.15, 0.2) is 61.3 Å². The van der Waals surface area contributed by atoms with E-state index in [9.17, 15) is 9.59 Å². The Morgan fingerprint density at radius 2 is 1.77 bits per heavy atom. The Bertz CT molecular complexity index is 1420. The average molecular weight is 588 g/mol. The molecule has 2 heterocycles. The SMILES string of the molecule is C=CC(=O)Nc1cc(Nc2nccc(C(=O)c3ccc(N4CCC(OC)CC4)cc3)n2)c(OC)cc1N(C)CCN(C)C. The van der Waals surface area contributed by atoms with Crippen LogP contribution in [0.25, 0.3) is 0 Å². The number of amides is 1. The number of likely N-dealkylation sites (N-methyl/N-ethyl adjacent to an activating group) is 2. The molecule has 228 valence electrons. The number of aromatic nitrogens is 2. The average Bonchev–Trinajstić information content (AvgIpc) is 3.03. The minimum absolute atomic E-state index is 0.209. The van der Waals surface area contributed by atoms with E-state index in [1.165, 1.54) is 12.3 Å². The third kappa shape index (κ3) is 8.08. The second-order valence-electron chi connectivity index (χ2n) is 10.7. The van der Waals surface area contributed by atoms with Crippen LogP contribution in [0, 0.1) is 0 Å². The molecule has 43 heavy (non-hydrogen) atoms. The molecule has 2 N–H and O–H groups in total. The van der Waals surface area contributed by atoms with Gasteiger partial charge in [0, 0.05) is 63.9 Å². The van der Waals surface area contributed by atoms with E-state index >= 15 is 0 Å². The normalized spacial score (nSPS) is 13.5. The van der Waals surface area contributed by atoms with Crippen molar-refractivity contribution in [1.29, 1.82) is 0 Å². The summed E-state index contributed by atoms with van der Waals surface area (Å²) >= 11 is 0. The zero-order chi connectivity index (χ0) is 30.9. The maximum Gasteiger partial charge on any atom is 0.247 e. The molecule has 0 bridgehead atoms. The van der Waals surface area contributed by atoms with Gasteiger partial charge in [-0.2, -0.15) is 0 Å². The monoisotopic (exact) mass is 587 g/mol. The van der Waals surface area contributed by atoms with E-state index in [-0.39, 0.29) is 23.3 Å². The summed E-state index contributed by atoms with van der Waals surface area (Å²) < 4.78 is 11.1. The highest BCUT2D eigenvalue weighted by Gasteiger charge is 2.20. The number of anilines is 5. The maximum atomic E-state index is 13.3. The summed E-state index contributed by atoms with van der Waals surface area (Å²) in [5.74, 6) is 0.191. The predicted molar refractivity (Wildman–Crippen MR) is 171 cm³/mol. The van der Waals surface area contributed by atoms with Gasteiger partial charge in [0.1, 0.15) is 11.4 Å². The van der Waals surface area contributed by atoms with E-state index in [1.54, 1.807) is 26.4 Å². The summed E-state index contributed by atoms with van der Waals surface area (Å²) in [6, 6.07) is 12.8. The van der Waals surface area contributed by atoms with Gasteiger partial charge < -0.3 is 34.8 Å². The number of carbonyl (C=O) groups is 2. The lowest BCUT2D eigenvalue weighted by Gasteiger charge is -2.33. The molecule has 0 spiro atoms. The topological polar surface area (TPSA) is 112 Å². The highest BCUT2D eigenvalue weighted by molar-refractivity contribution is 6.08. The van der Waals surface area contributed by atoms with Gasteiger partial charge in [-0.3, -0.25) is 9.59 Å². The third-order valence-corrected chi connectivity index (χ3v) is 7.46. The number of methoxy groups -OCH3 is 2. The molecule has 1 aromatic heterocycles. The molecule has 3 aromatic rings. The van der Waals surface area contributed by atoms with Crippen molar-refractivity contribution in [3.63, 3.8) is 0 Å². The number of ether oxygens (including phenoxy) is 2. The fourth-order valence-corrected chi connectivity index (χ4v) is 4.89. The lowest BCUT2D eigenvalue weighted by molar-refractivity contribution is -0.111. The molecule has 0 unspecified atom stereocenters. The van der Waals surface area contributed by atoms with Crippen LogP contribution in [0.2, 0.25) is 0 Å². The van der Waals surface area contributed by atoms with Crippen LogP contribution in [0.5, 0.6) is 5.75 Å². The molecule has 4 rings (SSSR count). The fraction of sp³-hybridized carbons (Fsp3) is 0.375. The van der Waals surface area contributed by atoms with E-state index in [2.05, 4.69) is 37.0 Å². The van der Waals surface area contributed by atoms with Crippen molar-refractivity contribution in [3.8, 4) is 5.75 Å². The zero-order valence-electron chi connectivity index (χ0n) is 25.6. The Morgan fingerprint density at radius 1 is 1.05 bits per heavy atom. The van der Waals surface area contributed by atoms with E-state index in [1.807, 2.05) is 56.4 Å². The number of nitrogens with one attached hydrogen (secondary N) is 2. The number of rotatable bonds is 13. The first kappa shape index (κ1) is 31.5. The quantitative estimate of drug-likeness (QED) is 0.223. The number of ketones is 1. The largest absolute Gasteiger partial charge is 0.494 e. The predicted octanol–water partition coefficient (Wildman–Crippen LogP) is 4.20. The summed E-state index contributed by atoms with van der Waals surface area (Å²) in [7, 11) is 9.28. The highest BCUT2D eigenvalue weighted by Crippen LogP contribution is 2.38. The third-order valence-electron chi connectivity index (χ3n) is 7.46. The van der Waals surface area contributed by atoms with Crippen molar-refractivity contribution in [2.45, 2.75) is 18.9 Å². The van der Waals surface area contributed by atoms with Crippen molar-refractivity contribution in [1.82, 2.24) is 14.9 Å². The second-order valence-corrected chi connectivity index (χ2v) is 10.7. The zero-order valence-corrected chi connectivity index (χ0v) is 25.6. The van der Waals surface area contributed by atoms with Gasteiger partial charge in [-0.25, -0.2) is 9.97 Å². The minimum Gasteiger partial charge on any atom is -0.494 e. The molecule has 1 fully saturated rings.